The van der Waals surface area contributed by atoms with Crippen LogP contribution >= 0.6 is 0 Å². The Balaban J connectivity index is 1.84. The Morgan fingerprint density at radius 2 is 1.43 bits per heavy atom. The quantitative estimate of drug-likeness (QED) is 0.488. The summed E-state index contributed by atoms with van der Waals surface area (Å²) in [7, 11) is 0. The average molecular weight is 292 g/mol. The van der Waals surface area contributed by atoms with Gasteiger partial charge in [0.25, 0.3) is 0 Å². The summed E-state index contributed by atoms with van der Waals surface area (Å²) in [4.78, 5) is 0. The van der Waals surface area contributed by atoms with E-state index in [0.717, 1.165) is 31.6 Å². The zero-order valence-corrected chi connectivity index (χ0v) is 13.7. The van der Waals surface area contributed by atoms with E-state index in [1.807, 2.05) is 18.2 Å². The Labute approximate surface area is 130 Å². The third kappa shape index (κ3) is 9.52. The molecule has 120 valence electrons. The number of phenols is 1. The standard InChI is InChI=1S/C19H32O2/c1-2-16-21-17-12-8-6-4-3-5-7-9-13-18-14-10-11-15-19(18)20/h10-11,14-15,20H,2-9,12-13,16-17H2,1H3. The molecule has 1 aromatic rings. The number of unbranched alkanes of at least 4 members (excludes halogenated alkanes) is 7. The Morgan fingerprint density at radius 3 is 2.10 bits per heavy atom. The minimum atomic E-state index is 0.447. The molecule has 0 fully saturated rings. The summed E-state index contributed by atoms with van der Waals surface area (Å²) >= 11 is 0. The second-order valence-electron chi connectivity index (χ2n) is 5.82. The number of benzene rings is 1. The molecular weight excluding hydrogens is 260 g/mol. The molecule has 2 nitrogen and oxygen atoms in total. The zero-order chi connectivity index (χ0) is 15.2. The number of phenolic OH excluding ortho intramolecular Hbond substituents is 1. The Bertz CT molecular complexity index is 349. The van der Waals surface area contributed by atoms with Gasteiger partial charge in [-0.1, -0.05) is 63.6 Å². The lowest BCUT2D eigenvalue weighted by Crippen LogP contribution is -1.95. The Hall–Kier alpha value is -1.02. The fourth-order valence-corrected chi connectivity index (χ4v) is 2.55. The molecule has 0 spiro atoms. The second kappa shape index (κ2) is 12.7. The van der Waals surface area contributed by atoms with Crippen molar-refractivity contribution in [2.75, 3.05) is 13.2 Å². The van der Waals surface area contributed by atoms with Crippen LogP contribution in [0.5, 0.6) is 5.75 Å². The maximum absolute atomic E-state index is 9.68. The number of hydrogen-bond acceptors (Lipinski definition) is 2. The third-order valence-corrected chi connectivity index (χ3v) is 3.82. The van der Waals surface area contributed by atoms with Gasteiger partial charge in [0.05, 0.1) is 0 Å². The van der Waals surface area contributed by atoms with E-state index in [4.69, 9.17) is 4.74 Å². The van der Waals surface area contributed by atoms with Gasteiger partial charge < -0.3 is 9.84 Å². The molecule has 0 unspecified atom stereocenters. The van der Waals surface area contributed by atoms with Gasteiger partial charge in [-0.2, -0.15) is 0 Å². The highest BCUT2D eigenvalue weighted by atomic mass is 16.5. The van der Waals surface area contributed by atoms with Gasteiger partial charge in [-0.15, -0.1) is 0 Å². The summed E-state index contributed by atoms with van der Waals surface area (Å²) in [5.74, 6) is 0.447. The molecule has 0 saturated carbocycles. The van der Waals surface area contributed by atoms with Gasteiger partial charge in [0.15, 0.2) is 0 Å². The van der Waals surface area contributed by atoms with Crippen molar-refractivity contribution in [2.45, 2.75) is 71.1 Å². The van der Waals surface area contributed by atoms with E-state index in [-0.39, 0.29) is 0 Å². The maximum Gasteiger partial charge on any atom is 0.118 e. The topological polar surface area (TPSA) is 29.5 Å². The predicted octanol–water partition coefficient (Wildman–Crippen LogP) is 5.48. The van der Waals surface area contributed by atoms with E-state index < -0.39 is 0 Å². The van der Waals surface area contributed by atoms with Crippen LogP contribution in [0.15, 0.2) is 24.3 Å². The number of aromatic hydroxyl groups is 1. The lowest BCUT2D eigenvalue weighted by atomic mass is 10.0. The molecule has 21 heavy (non-hydrogen) atoms. The molecular formula is C19H32O2. The zero-order valence-electron chi connectivity index (χ0n) is 13.7. The van der Waals surface area contributed by atoms with E-state index in [1.54, 1.807) is 6.07 Å². The number of rotatable bonds is 13. The van der Waals surface area contributed by atoms with Gasteiger partial charge >= 0.3 is 0 Å². The molecule has 0 aliphatic rings. The SMILES string of the molecule is CCCOCCCCCCCCCCc1ccccc1O. The molecule has 0 bridgehead atoms. The first-order valence-corrected chi connectivity index (χ1v) is 8.69. The molecule has 2 heteroatoms. The molecule has 0 heterocycles. The fourth-order valence-electron chi connectivity index (χ4n) is 2.55. The van der Waals surface area contributed by atoms with Crippen molar-refractivity contribution in [3.05, 3.63) is 29.8 Å². The first kappa shape index (κ1) is 18.0. The summed E-state index contributed by atoms with van der Waals surface area (Å²) in [5.41, 5.74) is 1.09. The molecule has 0 aromatic heterocycles. The molecule has 0 radical (unpaired) electrons. The minimum Gasteiger partial charge on any atom is -0.508 e. The summed E-state index contributed by atoms with van der Waals surface area (Å²) in [6, 6.07) is 7.68. The lowest BCUT2D eigenvalue weighted by Gasteiger charge is -2.05. The van der Waals surface area contributed by atoms with Crippen molar-refractivity contribution in [3.8, 4) is 5.75 Å². The van der Waals surface area contributed by atoms with Crippen molar-refractivity contribution in [2.24, 2.45) is 0 Å². The smallest absolute Gasteiger partial charge is 0.118 e. The van der Waals surface area contributed by atoms with Crippen LogP contribution in [0.3, 0.4) is 0 Å². The first-order valence-electron chi connectivity index (χ1n) is 8.69. The molecule has 1 aromatic carbocycles. The van der Waals surface area contributed by atoms with Crippen LogP contribution in [-0.4, -0.2) is 18.3 Å². The van der Waals surface area contributed by atoms with Crippen molar-refractivity contribution >= 4 is 0 Å². The molecule has 1 rings (SSSR count). The van der Waals surface area contributed by atoms with Gasteiger partial charge in [0.1, 0.15) is 5.75 Å². The van der Waals surface area contributed by atoms with E-state index in [0.29, 0.717) is 5.75 Å². The molecule has 0 aliphatic heterocycles. The van der Waals surface area contributed by atoms with Gasteiger partial charge in [0.2, 0.25) is 0 Å². The molecule has 0 amide bonds. The highest BCUT2D eigenvalue weighted by Gasteiger charge is 1.99. The lowest BCUT2D eigenvalue weighted by molar-refractivity contribution is 0.130. The van der Waals surface area contributed by atoms with Crippen molar-refractivity contribution < 1.29 is 9.84 Å². The van der Waals surface area contributed by atoms with Crippen LogP contribution in [0.1, 0.15) is 70.3 Å². The second-order valence-corrected chi connectivity index (χ2v) is 5.82. The van der Waals surface area contributed by atoms with E-state index in [1.165, 1.54) is 51.4 Å². The van der Waals surface area contributed by atoms with Gasteiger partial charge in [-0.3, -0.25) is 0 Å². The van der Waals surface area contributed by atoms with Crippen LogP contribution in [0.2, 0.25) is 0 Å². The first-order chi connectivity index (χ1) is 10.3. The van der Waals surface area contributed by atoms with Crippen molar-refractivity contribution in [1.82, 2.24) is 0 Å². The molecule has 0 saturated heterocycles. The Morgan fingerprint density at radius 1 is 0.810 bits per heavy atom. The number of aryl methyl sites for hydroxylation is 1. The van der Waals surface area contributed by atoms with Gasteiger partial charge in [-0.25, -0.2) is 0 Å². The third-order valence-electron chi connectivity index (χ3n) is 3.82. The van der Waals surface area contributed by atoms with E-state index in [2.05, 4.69) is 6.92 Å². The van der Waals surface area contributed by atoms with Gasteiger partial charge in [0, 0.05) is 13.2 Å². The normalized spacial score (nSPS) is 10.9. The van der Waals surface area contributed by atoms with Gasteiger partial charge in [-0.05, 0) is 37.3 Å². The minimum absolute atomic E-state index is 0.447. The predicted molar refractivity (Wildman–Crippen MR) is 89.9 cm³/mol. The van der Waals surface area contributed by atoms with Crippen LogP contribution in [-0.2, 0) is 11.2 Å². The summed E-state index contributed by atoms with van der Waals surface area (Å²) < 4.78 is 5.47. The highest BCUT2D eigenvalue weighted by Crippen LogP contribution is 2.18. The largest absolute Gasteiger partial charge is 0.508 e. The van der Waals surface area contributed by atoms with Crippen molar-refractivity contribution in [3.63, 3.8) is 0 Å². The molecule has 0 atom stereocenters. The monoisotopic (exact) mass is 292 g/mol. The molecule has 1 N–H and O–H groups in total. The number of hydrogen-bond donors (Lipinski definition) is 1. The summed E-state index contributed by atoms with van der Waals surface area (Å²) in [5, 5.41) is 9.68. The van der Waals surface area contributed by atoms with E-state index >= 15 is 0 Å². The average Bonchev–Trinajstić information content (AvgIpc) is 2.50. The van der Waals surface area contributed by atoms with E-state index in [9.17, 15) is 5.11 Å². The number of ether oxygens (including phenoxy) is 1. The highest BCUT2D eigenvalue weighted by molar-refractivity contribution is 5.31. The van der Waals surface area contributed by atoms with Crippen LogP contribution in [0.25, 0.3) is 0 Å². The van der Waals surface area contributed by atoms with Crippen LogP contribution in [0.4, 0.5) is 0 Å². The fraction of sp³-hybridized carbons (Fsp3) is 0.684. The summed E-state index contributed by atoms with van der Waals surface area (Å²) in [6.07, 6.45) is 12.5. The van der Waals surface area contributed by atoms with Crippen molar-refractivity contribution in [1.29, 1.82) is 0 Å². The number of para-hydroxylation sites is 1. The van der Waals surface area contributed by atoms with Crippen LogP contribution in [0, 0.1) is 0 Å². The molecule has 0 aliphatic carbocycles. The van der Waals surface area contributed by atoms with Crippen LogP contribution < -0.4 is 0 Å². The summed E-state index contributed by atoms with van der Waals surface area (Å²) in [6.45, 7) is 4.00. The maximum atomic E-state index is 9.68. The Kier molecular flexibility index (Phi) is 10.9.